The van der Waals surface area contributed by atoms with E-state index in [4.69, 9.17) is 9.51 Å². The number of rotatable bonds is 5. The Bertz CT molecular complexity index is 914. The van der Waals surface area contributed by atoms with E-state index in [-0.39, 0.29) is 11.9 Å². The number of H-pyrrole nitrogens is 1. The molecule has 0 bridgehead atoms. The van der Waals surface area contributed by atoms with Crippen LogP contribution in [0.3, 0.4) is 0 Å². The summed E-state index contributed by atoms with van der Waals surface area (Å²) in [7, 11) is 0. The van der Waals surface area contributed by atoms with Crippen LogP contribution in [0.15, 0.2) is 29.2 Å². The number of aromatic nitrogens is 5. The van der Waals surface area contributed by atoms with Crippen molar-refractivity contribution in [2.24, 2.45) is 0 Å². The molecule has 3 aromatic heterocycles. The van der Waals surface area contributed by atoms with Gasteiger partial charge in [-0.2, -0.15) is 5.10 Å². The molecule has 1 amide bonds. The molecule has 1 aliphatic rings. The largest absolute Gasteiger partial charge is 0.361 e. The number of carbonyl (C=O) groups excluding carboxylic acids is 1. The first kappa shape index (κ1) is 17.4. The standard InChI is InChI=1S/C19H22N6O2/c1-12-18(13(2)27-24-12)17-11-20-10-14(22-17)5-6-15-4-3-9-25(15)19(26)16-7-8-21-23-16/h7-8,10-11,15H,3-6,9H2,1-2H3,(H,21,23)/t15-/m0/s1. The Morgan fingerprint density at radius 2 is 2.26 bits per heavy atom. The summed E-state index contributed by atoms with van der Waals surface area (Å²) in [6.45, 7) is 4.56. The van der Waals surface area contributed by atoms with E-state index in [1.807, 2.05) is 18.7 Å². The predicted molar refractivity (Wildman–Crippen MR) is 98.0 cm³/mol. The lowest BCUT2D eigenvalue weighted by atomic mass is 10.1. The Kier molecular flexibility index (Phi) is 4.70. The molecule has 1 atom stereocenters. The lowest BCUT2D eigenvalue weighted by Gasteiger charge is -2.24. The van der Waals surface area contributed by atoms with Crippen LogP contribution in [0.4, 0.5) is 0 Å². The van der Waals surface area contributed by atoms with Crippen LogP contribution in [0, 0.1) is 13.8 Å². The van der Waals surface area contributed by atoms with Crippen molar-refractivity contribution in [1.29, 1.82) is 0 Å². The quantitative estimate of drug-likeness (QED) is 0.745. The summed E-state index contributed by atoms with van der Waals surface area (Å²) in [6, 6.07) is 1.93. The number of aromatic amines is 1. The van der Waals surface area contributed by atoms with E-state index in [9.17, 15) is 4.79 Å². The molecule has 4 heterocycles. The van der Waals surface area contributed by atoms with Crippen molar-refractivity contribution in [1.82, 2.24) is 30.2 Å². The molecule has 8 heteroatoms. The van der Waals surface area contributed by atoms with E-state index in [1.165, 1.54) is 0 Å². The molecule has 0 spiro atoms. The second-order valence-electron chi connectivity index (χ2n) is 6.90. The Balaban J connectivity index is 1.46. The first-order valence-electron chi connectivity index (χ1n) is 9.18. The molecule has 1 fully saturated rings. The smallest absolute Gasteiger partial charge is 0.272 e. The molecule has 1 aliphatic heterocycles. The van der Waals surface area contributed by atoms with Crippen molar-refractivity contribution in [3.05, 3.63) is 47.5 Å². The fourth-order valence-corrected chi connectivity index (χ4v) is 3.74. The fourth-order valence-electron chi connectivity index (χ4n) is 3.74. The Morgan fingerprint density at radius 1 is 1.37 bits per heavy atom. The van der Waals surface area contributed by atoms with Gasteiger partial charge in [-0.25, -0.2) is 4.98 Å². The van der Waals surface area contributed by atoms with Crippen molar-refractivity contribution in [2.45, 2.75) is 45.6 Å². The maximum Gasteiger partial charge on any atom is 0.272 e. The minimum atomic E-state index is 0.0190. The van der Waals surface area contributed by atoms with Crippen LogP contribution in [0.1, 0.15) is 46.9 Å². The lowest BCUT2D eigenvalue weighted by molar-refractivity contribution is 0.0724. The lowest BCUT2D eigenvalue weighted by Crippen LogP contribution is -2.36. The number of carbonyl (C=O) groups is 1. The highest BCUT2D eigenvalue weighted by atomic mass is 16.5. The van der Waals surface area contributed by atoms with E-state index in [0.29, 0.717) is 5.69 Å². The van der Waals surface area contributed by atoms with Crippen molar-refractivity contribution >= 4 is 5.91 Å². The number of nitrogens with zero attached hydrogens (tertiary/aromatic N) is 5. The molecule has 27 heavy (non-hydrogen) atoms. The molecule has 0 aromatic carbocycles. The molecule has 0 unspecified atom stereocenters. The maximum atomic E-state index is 12.6. The van der Waals surface area contributed by atoms with Crippen molar-refractivity contribution < 1.29 is 9.32 Å². The van der Waals surface area contributed by atoms with Crippen molar-refractivity contribution in [2.75, 3.05) is 6.54 Å². The monoisotopic (exact) mass is 366 g/mol. The third-order valence-corrected chi connectivity index (χ3v) is 5.08. The molecule has 1 N–H and O–H groups in total. The fraction of sp³-hybridized carbons (Fsp3) is 0.421. The van der Waals surface area contributed by atoms with Gasteiger partial charge >= 0.3 is 0 Å². The van der Waals surface area contributed by atoms with Crippen LogP contribution >= 0.6 is 0 Å². The number of aryl methyl sites for hydroxylation is 3. The second kappa shape index (κ2) is 7.30. The molecular formula is C19H22N6O2. The third kappa shape index (κ3) is 3.47. The average Bonchev–Trinajstić information content (AvgIpc) is 3.41. The van der Waals surface area contributed by atoms with Crippen LogP contribution in [0.5, 0.6) is 0 Å². The summed E-state index contributed by atoms with van der Waals surface area (Å²) in [6.07, 6.45) is 8.79. The summed E-state index contributed by atoms with van der Waals surface area (Å²) >= 11 is 0. The molecule has 3 aromatic rings. The van der Waals surface area contributed by atoms with Crippen LogP contribution in [0.25, 0.3) is 11.3 Å². The van der Waals surface area contributed by atoms with E-state index >= 15 is 0 Å². The van der Waals surface area contributed by atoms with Crippen molar-refractivity contribution in [3.63, 3.8) is 0 Å². The van der Waals surface area contributed by atoms with Gasteiger partial charge in [0.2, 0.25) is 0 Å². The molecule has 0 aliphatic carbocycles. The summed E-state index contributed by atoms with van der Waals surface area (Å²) in [5.74, 6) is 0.761. The molecule has 0 radical (unpaired) electrons. The highest BCUT2D eigenvalue weighted by molar-refractivity contribution is 5.92. The molecular weight excluding hydrogens is 344 g/mol. The van der Waals surface area contributed by atoms with Crippen LogP contribution in [-0.4, -0.2) is 48.7 Å². The van der Waals surface area contributed by atoms with Gasteiger partial charge in [-0.05, 0) is 45.6 Å². The number of amides is 1. The number of hydrogen-bond donors (Lipinski definition) is 1. The summed E-state index contributed by atoms with van der Waals surface area (Å²) in [5.41, 5.74) is 3.95. The molecule has 0 saturated carbocycles. The van der Waals surface area contributed by atoms with E-state index in [0.717, 1.165) is 60.6 Å². The predicted octanol–water partition coefficient (Wildman–Crippen LogP) is 2.71. The van der Waals surface area contributed by atoms with Gasteiger partial charge in [0, 0.05) is 25.0 Å². The van der Waals surface area contributed by atoms with Gasteiger partial charge in [0.25, 0.3) is 5.91 Å². The van der Waals surface area contributed by atoms with Crippen molar-refractivity contribution in [3.8, 4) is 11.3 Å². The molecule has 1 saturated heterocycles. The number of hydrogen-bond acceptors (Lipinski definition) is 6. The van der Waals surface area contributed by atoms with Crippen LogP contribution in [-0.2, 0) is 6.42 Å². The Labute approximate surface area is 157 Å². The molecule has 8 nitrogen and oxygen atoms in total. The Hall–Kier alpha value is -3.03. The third-order valence-electron chi connectivity index (χ3n) is 5.08. The van der Waals surface area contributed by atoms with Gasteiger partial charge in [0.15, 0.2) is 0 Å². The van der Waals surface area contributed by atoms with Crippen LogP contribution < -0.4 is 0 Å². The summed E-state index contributed by atoms with van der Waals surface area (Å²) in [4.78, 5) is 23.6. The minimum Gasteiger partial charge on any atom is -0.361 e. The van der Waals surface area contributed by atoms with Gasteiger partial charge in [-0.3, -0.25) is 14.9 Å². The van der Waals surface area contributed by atoms with Gasteiger partial charge in [-0.1, -0.05) is 5.16 Å². The highest BCUT2D eigenvalue weighted by Crippen LogP contribution is 2.26. The molecule has 140 valence electrons. The number of nitrogens with one attached hydrogen (secondary N) is 1. The molecule has 4 rings (SSSR count). The van der Waals surface area contributed by atoms with Gasteiger partial charge in [-0.15, -0.1) is 0 Å². The normalized spacial score (nSPS) is 16.8. The zero-order valence-corrected chi connectivity index (χ0v) is 15.5. The SMILES string of the molecule is Cc1noc(C)c1-c1cncc(CC[C@@H]2CCCN2C(=O)c2ccn[nH]2)n1. The average molecular weight is 366 g/mol. The summed E-state index contributed by atoms with van der Waals surface area (Å²) in [5, 5.41) is 10.6. The first-order chi connectivity index (χ1) is 13.1. The topological polar surface area (TPSA) is 101 Å². The first-order valence-corrected chi connectivity index (χ1v) is 9.18. The van der Waals surface area contributed by atoms with E-state index < -0.39 is 0 Å². The summed E-state index contributed by atoms with van der Waals surface area (Å²) < 4.78 is 5.24. The van der Waals surface area contributed by atoms with Gasteiger partial charge in [0.05, 0.1) is 28.8 Å². The zero-order valence-electron chi connectivity index (χ0n) is 15.5. The minimum absolute atomic E-state index is 0.0190. The van der Waals surface area contributed by atoms with Gasteiger partial charge in [0.1, 0.15) is 11.5 Å². The van der Waals surface area contributed by atoms with E-state index in [2.05, 4.69) is 20.3 Å². The van der Waals surface area contributed by atoms with Gasteiger partial charge < -0.3 is 9.42 Å². The van der Waals surface area contributed by atoms with E-state index in [1.54, 1.807) is 24.7 Å². The number of likely N-dealkylation sites (tertiary alicyclic amines) is 1. The highest BCUT2D eigenvalue weighted by Gasteiger charge is 2.29. The maximum absolute atomic E-state index is 12.6. The zero-order chi connectivity index (χ0) is 18.8. The second-order valence-corrected chi connectivity index (χ2v) is 6.90. The Morgan fingerprint density at radius 3 is 3.00 bits per heavy atom. The van der Waals surface area contributed by atoms with Crippen LogP contribution in [0.2, 0.25) is 0 Å².